The highest BCUT2D eigenvalue weighted by Crippen LogP contribution is 2.29. The smallest absolute Gasteiger partial charge is 0.335 e. The second kappa shape index (κ2) is 7.57. The number of amides is 1. The van der Waals surface area contributed by atoms with Crippen LogP contribution < -0.4 is 10.1 Å². The Kier molecular flexibility index (Phi) is 5.24. The Balaban J connectivity index is 1.50. The fourth-order valence-electron chi connectivity index (χ4n) is 2.82. The molecule has 5 nitrogen and oxygen atoms in total. The van der Waals surface area contributed by atoms with Crippen molar-refractivity contribution in [1.82, 2.24) is 5.32 Å². The predicted molar refractivity (Wildman–Crippen MR) is 94.3 cm³/mol. The van der Waals surface area contributed by atoms with Crippen molar-refractivity contribution in [3.63, 3.8) is 0 Å². The summed E-state index contributed by atoms with van der Waals surface area (Å²) in [5, 5.41) is 12.4. The number of carboxylic acid groups (broad SMARTS) is 1. The number of carboxylic acids is 1. The Morgan fingerprint density at radius 2 is 1.96 bits per heavy atom. The Hall–Kier alpha value is -2.53. The summed E-state index contributed by atoms with van der Waals surface area (Å²) in [6.07, 6.45) is 1.25. The standard InChI is InChI=1S/C19H18ClNO4/c20-16-5-6-17-14(10-16)9-15(11-25-17)18(22)21-8-7-12-1-3-13(4-2-12)19(23)24/h1-6,10,15H,7-9,11H2,(H,21,22)(H,23,24). The summed E-state index contributed by atoms with van der Waals surface area (Å²) in [4.78, 5) is 23.1. The molecule has 3 rings (SSSR count). The highest BCUT2D eigenvalue weighted by Gasteiger charge is 2.25. The molecule has 130 valence electrons. The number of nitrogens with one attached hydrogen (secondary N) is 1. The molecular weight excluding hydrogens is 342 g/mol. The molecule has 1 amide bonds. The number of aromatic carboxylic acids is 1. The van der Waals surface area contributed by atoms with E-state index in [9.17, 15) is 9.59 Å². The largest absolute Gasteiger partial charge is 0.492 e. The summed E-state index contributed by atoms with van der Waals surface area (Å²) in [5.74, 6) is -0.447. The maximum absolute atomic E-state index is 12.3. The van der Waals surface area contributed by atoms with Crippen LogP contribution in [0.3, 0.4) is 0 Å². The lowest BCUT2D eigenvalue weighted by Crippen LogP contribution is -2.38. The van der Waals surface area contributed by atoms with Crippen LogP contribution in [-0.2, 0) is 17.6 Å². The molecule has 0 saturated heterocycles. The highest BCUT2D eigenvalue weighted by atomic mass is 35.5. The zero-order valence-electron chi connectivity index (χ0n) is 13.5. The molecule has 25 heavy (non-hydrogen) atoms. The van der Waals surface area contributed by atoms with E-state index in [4.69, 9.17) is 21.4 Å². The van der Waals surface area contributed by atoms with E-state index in [0.717, 1.165) is 16.9 Å². The number of benzene rings is 2. The minimum Gasteiger partial charge on any atom is -0.492 e. The monoisotopic (exact) mass is 359 g/mol. The number of ether oxygens (including phenoxy) is 1. The minimum absolute atomic E-state index is 0.0484. The van der Waals surface area contributed by atoms with Gasteiger partial charge in [-0.2, -0.15) is 0 Å². The van der Waals surface area contributed by atoms with E-state index in [1.807, 2.05) is 12.1 Å². The van der Waals surface area contributed by atoms with Gasteiger partial charge in [-0.05, 0) is 54.3 Å². The van der Waals surface area contributed by atoms with E-state index >= 15 is 0 Å². The van der Waals surface area contributed by atoms with Crippen molar-refractivity contribution >= 4 is 23.5 Å². The molecule has 0 fully saturated rings. The number of hydrogen-bond donors (Lipinski definition) is 2. The van der Waals surface area contributed by atoms with Crippen molar-refractivity contribution in [2.45, 2.75) is 12.8 Å². The Morgan fingerprint density at radius 3 is 2.68 bits per heavy atom. The predicted octanol–water partition coefficient (Wildman–Crippen LogP) is 2.95. The molecular formula is C19H18ClNO4. The van der Waals surface area contributed by atoms with E-state index in [1.165, 1.54) is 0 Å². The van der Waals surface area contributed by atoms with Crippen LogP contribution in [0.2, 0.25) is 5.02 Å². The first kappa shape index (κ1) is 17.3. The van der Waals surface area contributed by atoms with Gasteiger partial charge in [-0.1, -0.05) is 23.7 Å². The SMILES string of the molecule is O=C(O)c1ccc(CCNC(=O)C2COc3ccc(Cl)cc3C2)cc1. The van der Waals surface area contributed by atoms with Gasteiger partial charge < -0.3 is 15.2 Å². The van der Waals surface area contributed by atoms with Crippen LogP contribution in [0, 0.1) is 5.92 Å². The quantitative estimate of drug-likeness (QED) is 0.860. The molecule has 6 heteroatoms. The van der Waals surface area contributed by atoms with Gasteiger partial charge in [0.05, 0.1) is 11.5 Å². The van der Waals surface area contributed by atoms with Crippen LogP contribution in [0.4, 0.5) is 0 Å². The lowest BCUT2D eigenvalue weighted by Gasteiger charge is -2.24. The number of carbonyl (C=O) groups is 2. The summed E-state index contributed by atoms with van der Waals surface area (Å²) >= 11 is 5.99. The van der Waals surface area contributed by atoms with Crippen molar-refractivity contribution in [3.05, 3.63) is 64.2 Å². The van der Waals surface area contributed by atoms with Gasteiger partial charge in [-0.15, -0.1) is 0 Å². The molecule has 2 aromatic rings. The van der Waals surface area contributed by atoms with Gasteiger partial charge in [0.1, 0.15) is 12.4 Å². The maximum atomic E-state index is 12.3. The second-order valence-corrected chi connectivity index (χ2v) is 6.44. The molecule has 1 heterocycles. The molecule has 0 radical (unpaired) electrons. The molecule has 1 unspecified atom stereocenters. The first-order valence-electron chi connectivity index (χ1n) is 8.04. The fraction of sp³-hybridized carbons (Fsp3) is 0.263. The van der Waals surface area contributed by atoms with E-state index in [1.54, 1.807) is 30.3 Å². The van der Waals surface area contributed by atoms with Crippen molar-refractivity contribution < 1.29 is 19.4 Å². The highest BCUT2D eigenvalue weighted by molar-refractivity contribution is 6.30. The molecule has 2 aromatic carbocycles. The zero-order valence-corrected chi connectivity index (χ0v) is 14.3. The summed E-state index contributed by atoms with van der Waals surface area (Å²) in [6, 6.07) is 12.1. The lowest BCUT2D eigenvalue weighted by atomic mass is 9.96. The van der Waals surface area contributed by atoms with Crippen LogP contribution in [0.25, 0.3) is 0 Å². The van der Waals surface area contributed by atoms with Gasteiger partial charge >= 0.3 is 5.97 Å². The first-order chi connectivity index (χ1) is 12.0. The van der Waals surface area contributed by atoms with Gasteiger partial charge in [-0.3, -0.25) is 4.79 Å². The normalized spacial score (nSPS) is 15.8. The molecule has 0 aliphatic carbocycles. The van der Waals surface area contributed by atoms with Crippen LogP contribution >= 0.6 is 11.6 Å². The van der Waals surface area contributed by atoms with Crippen LogP contribution in [0.5, 0.6) is 5.75 Å². The second-order valence-electron chi connectivity index (χ2n) is 6.01. The van der Waals surface area contributed by atoms with Crippen LogP contribution in [-0.4, -0.2) is 30.1 Å². The van der Waals surface area contributed by atoms with Crippen molar-refractivity contribution in [3.8, 4) is 5.75 Å². The van der Waals surface area contributed by atoms with Crippen molar-refractivity contribution in [2.24, 2.45) is 5.92 Å². The summed E-state index contributed by atoms with van der Waals surface area (Å²) in [6.45, 7) is 0.845. The number of halogens is 1. The Bertz CT molecular complexity index is 789. The van der Waals surface area contributed by atoms with Crippen molar-refractivity contribution in [1.29, 1.82) is 0 Å². The Morgan fingerprint density at radius 1 is 1.20 bits per heavy atom. The van der Waals surface area contributed by atoms with E-state index in [0.29, 0.717) is 31.0 Å². The van der Waals surface area contributed by atoms with Gasteiger partial charge in [0.15, 0.2) is 0 Å². The van der Waals surface area contributed by atoms with Crippen LogP contribution in [0.1, 0.15) is 21.5 Å². The summed E-state index contributed by atoms with van der Waals surface area (Å²) in [7, 11) is 0. The summed E-state index contributed by atoms with van der Waals surface area (Å²) < 4.78 is 5.64. The molecule has 0 spiro atoms. The van der Waals surface area contributed by atoms with Gasteiger partial charge in [-0.25, -0.2) is 4.79 Å². The Labute approximate surface area is 150 Å². The summed E-state index contributed by atoms with van der Waals surface area (Å²) in [5.41, 5.74) is 2.18. The minimum atomic E-state index is -0.947. The molecule has 1 aliphatic rings. The number of fused-ring (bicyclic) bond motifs is 1. The number of hydrogen-bond acceptors (Lipinski definition) is 3. The van der Waals surface area contributed by atoms with Crippen LogP contribution in [0.15, 0.2) is 42.5 Å². The van der Waals surface area contributed by atoms with E-state index < -0.39 is 5.97 Å². The number of carbonyl (C=O) groups excluding carboxylic acids is 1. The molecule has 0 saturated carbocycles. The topological polar surface area (TPSA) is 75.6 Å². The maximum Gasteiger partial charge on any atom is 0.335 e. The van der Waals surface area contributed by atoms with E-state index in [-0.39, 0.29) is 17.4 Å². The molecule has 1 atom stereocenters. The van der Waals surface area contributed by atoms with Gasteiger partial charge in [0.25, 0.3) is 0 Å². The lowest BCUT2D eigenvalue weighted by molar-refractivity contribution is -0.126. The molecule has 0 aromatic heterocycles. The third-order valence-corrected chi connectivity index (χ3v) is 4.45. The molecule has 0 bridgehead atoms. The third kappa shape index (κ3) is 4.31. The van der Waals surface area contributed by atoms with E-state index in [2.05, 4.69) is 5.32 Å². The van der Waals surface area contributed by atoms with Gasteiger partial charge in [0, 0.05) is 11.6 Å². The molecule has 2 N–H and O–H groups in total. The average molecular weight is 360 g/mol. The van der Waals surface area contributed by atoms with Crippen molar-refractivity contribution in [2.75, 3.05) is 13.2 Å². The average Bonchev–Trinajstić information content (AvgIpc) is 2.61. The van der Waals surface area contributed by atoms with Gasteiger partial charge in [0.2, 0.25) is 5.91 Å². The molecule has 1 aliphatic heterocycles. The fourth-order valence-corrected chi connectivity index (χ4v) is 3.01. The first-order valence-corrected chi connectivity index (χ1v) is 8.42. The number of rotatable bonds is 5. The zero-order chi connectivity index (χ0) is 17.8. The third-order valence-electron chi connectivity index (χ3n) is 4.21.